The highest BCUT2D eigenvalue weighted by atomic mass is 35.5. The van der Waals surface area contributed by atoms with E-state index in [1.165, 1.54) is 11.9 Å². The van der Waals surface area contributed by atoms with Gasteiger partial charge < -0.3 is 10.2 Å². The van der Waals surface area contributed by atoms with E-state index in [1.807, 2.05) is 19.1 Å². The number of sulfonamides is 1. The lowest BCUT2D eigenvalue weighted by Crippen LogP contribution is -2.51. The number of hydrogen-bond donors (Lipinski definition) is 1. The molecule has 2 rings (SSSR count). The maximum atomic E-state index is 13.4. The van der Waals surface area contributed by atoms with Crippen LogP contribution < -0.4 is 9.62 Å². The Morgan fingerprint density at radius 2 is 1.80 bits per heavy atom. The van der Waals surface area contributed by atoms with Gasteiger partial charge in [0.15, 0.2) is 0 Å². The van der Waals surface area contributed by atoms with E-state index < -0.39 is 51.2 Å². The van der Waals surface area contributed by atoms with Gasteiger partial charge in [-0.3, -0.25) is 13.9 Å². The Hall–Kier alpha value is -2.79. The average Bonchev–Trinajstić information content (AvgIpc) is 2.76. The van der Waals surface area contributed by atoms with Crippen LogP contribution >= 0.6 is 11.6 Å². The summed E-state index contributed by atoms with van der Waals surface area (Å²) in [6.07, 6.45) is -3.82. The smallest absolute Gasteiger partial charge is 0.357 e. The summed E-state index contributed by atoms with van der Waals surface area (Å²) in [4.78, 5) is 27.2. The molecule has 2 amide bonds. The molecule has 7 nitrogen and oxygen atoms in total. The highest BCUT2D eigenvalue weighted by Gasteiger charge is 2.36. The summed E-state index contributed by atoms with van der Waals surface area (Å²) in [5.41, 5.74) is 0.0196. The first-order valence-electron chi connectivity index (χ1n) is 10.6. The Morgan fingerprint density at radius 3 is 2.31 bits per heavy atom. The minimum atomic E-state index is -4.83. The molecule has 0 bridgehead atoms. The molecule has 35 heavy (non-hydrogen) atoms. The van der Waals surface area contributed by atoms with Crippen LogP contribution in [0.25, 0.3) is 0 Å². The van der Waals surface area contributed by atoms with Crippen molar-refractivity contribution in [3.8, 4) is 0 Å². The molecule has 1 atom stereocenters. The lowest BCUT2D eigenvalue weighted by molar-refractivity contribution is -0.140. The molecule has 0 aliphatic carbocycles. The predicted octanol–water partition coefficient (Wildman–Crippen LogP) is 3.99. The summed E-state index contributed by atoms with van der Waals surface area (Å²) in [5.74, 6) is -1.21. The van der Waals surface area contributed by atoms with Crippen LogP contribution in [0.3, 0.4) is 0 Å². The van der Waals surface area contributed by atoms with E-state index in [4.69, 9.17) is 11.6 Å². The monoisotopic (exact) mass is 533 g/mol. The molecule has 0 saturated heterocycles. The summed E-state index contributed by atoms with van der Waals surface area (Å²) in [6, 6.07) is 8.88. The van der Waals surface area contributed by atoms with Crippen LogP contribution in [0.15, 0.2) is 42.5 Å². The fourth-order valence-corrected chi connectivity index (χ4v) is 4.66. The molecule has 0 unspecified atom stereocenters. The zero-order valence-corrected chi connectivity index (χ0v) is 21.3. The SMILES string of the molecule is CC[C@H](C(=O)NC)N(Cc1cccc(C)c1)C(=O)CN(c1ccc(Cl)c(C(F)(F)F)c1)S(C)(=O)=O. The van der Waals surface area contributed by atoms with Gasteiger partial charge in [0.2, 0.25) is 21.8 Å². The number of amides is 2. The maximum absolute atomic E-state index is 13.4. The van der Waals surface area contributed by atoms with E-state index in [-0.39, 0.29) is 18.7 Å². The number of likely N-dealkylation sites (N-methyl/N-ethyl adjacent to an activating group) is 1. The van der Waals surface area contributed by atoms with Crippen LogP contribution in [0.5, 0.6) is 0 Å². The summed E-state index contributed by atoms with van der Waals surface area (Å²) < 4.78 is 65.7. The first kappa shape index (κ1) is 28.4. The van der Waals surface area contributed by atoms with Crippen molar-refractivity contribution in [2.24, 2.45) is 0 Å². The molecule has 0 radical (unpaired) electrons. The molecule has 0 aromatic heterocycles. The fraction of sp³-hybridized carbons (Fsp3) is 0.391. The molecule has 0 aliphatic heterocycles. The summed E-state index contributed by atoms with van der Waals surface area (Å²) in [5, 5.41) is 1.89. The van der Waals surface area contributed by atoms with Crippen molar-refractivity contribution in [2.75, 3.05) is 24.2 Å². The van der Waals surface area contributed by atoms with Gasteiger partial charge in [-0.1, -0.05) is 48.4 Å². The van der Waals surface area contributed by atoms with Crippen LogP contribution in [0.2, 0.25) is 5.02 Å². The number of carbonyl (C=O) groups excluding carboxylic acids is 2. The molecule has 192 valence electrons. The van der Waals surface area contributed by atoms with Crippen molar-refractivity contribution < 1.29 is 31.2 Å². The van der Waals surface area contributed by atoms with Crippen molar-refractivity contribution in [3.63, 3.8) is 0 Å². The minimum Gasteiger partial charge on any atom is -0.357 e. The fourth-order valence-electron chi connectivity index (χ4n) is 3.59. The van der Waals surface area contributed by atoms with Crippen molar-refractivity contribution >= 4 is 39.1 Å². The van der Waals surface area contributed by atoms with Gasteiger partial charge in [0, 0.05) is 13.6 Å². The number of rotatable bonds is 9. The average molecular weight is 534 g/mol. The standard InChI is InChI=1S/C23H27ClF3N3O4S/c1-5-20(22(32)28-3)29(13-16-8-6-7-15(2)11-16)21(31)14-30(35(4,33)34)17-9-10-19(24)18(12-17)23(25,26)27/h6-12,20H,5,13-14H2,1-4H3,(H,28,32)/t20-/m1/s1. The van der Waals surface area contributed by atoms with Crippen LogP contribution in [0.4, 0.5) is 18.9 Å². The minimum absolute atomic E-state index is 0.00153. The van der Waals surface area contributed by atoms with E-state index in [2.05, 4.69) is 5.32 Å². The second-order valence-corrected chi connectivity index (χ2v) is 10.3. The number of hydrogen-bond acceptors (Lipinski definition) is 4. The highest BCUT2D eigenvalue weighted by Crippen LogP contribution is 2.37. The maximum Gasteiger partial charge on any atom is 0.417 e. The predicted molar refractivity (Wildman–Crippen MR) is 129 cm³/mol. The number of alkyl halides is 3. The Bertz CT molecular complexity index is 1190. The van der Waals surface area contributed by atoms with Gasteiger partial charge in [-0.2, -0.15) is 13.2 Å². The number of nitrogens with one attached hydrogen (secondary N) is 1. The second kappa shape index (κ2) is 11.3. The molecular formula is C23H27ClF3N3O4S. The molecule has 12 heteroatoms. The quantitative estimate of drug-likeness (QED) is 0.528. The first-order valence-corrected chi connectivity index (χ1v) is 12.8. The van der Waals surface area contributed by atoms with E-state index >= 15 is 0 Å². The Kier molecular flexibility index (Phi) is 9.18. The third-order valence-electron chi connectivity index (χ3n) is 5.29. The van der Waals surface area contributed by atoms with Crippen LogP contribution in [0.1, 0.15) is 30.0 Å². The number of benzene rings is 2. The van der Waals surface area contributed by atoms with Crippen molar-refractivity contribution in [1.82, 2.24) is 10.2 Å². The molecular weight excluding hydrogens is 507 g/mol. The normalized spacial score (nSPS) is 12.7. The molecule has 1 N–H and O–H groups in total. The lowest BCUT2D eigenvalue weighted by Gasteiger charge is -2.32. The van der Waals surface area contributed by atoms with Gasteiger partial charge >= 0.3 is 6.18 Å². The molecule has 0 saturated carbocycles. The van der Waals surface area contributed by atoms with E-state index in [0.29, 0.717) is 15.9 Å². The zero-order valence-electron chi connectivity index (χ0n) is 19.7. The highest BCUT2D eigenvalue weighted by molar-refractivity contribution is 7.92. The lowest BCUT2D eigenvalue weighted by atomic mass is 10.1. The Morgan fingerprint density at radius 1 is 1.14 bits per heavy atom. The van der Waals surface area contributed by atoms with Crippen molar-refractivity contribution in [2.45, 2.75) is 39.0 Å². The largest absolute Gasteiger partial charge is 0.417 e. The van der Waals surface area contributed by atoms with Crippen LogP contribution in [-0.4, -0.2) is 51.0 Å². The number of halogens is 4. The van der Waals surface area contributed by atoms with E-state index in [9.17, 15) is 31.2 Å². The van der Waals surface area contributed by atoms with Gasteiger partial charge in [-0.25, -0.2) is 8.42 Å². The van der Waals surface area contributed by atoms with Gasteiger partial charge in [0.05, 0.1) is 22.5 Å². The van der Waals surface area contributed by atoms with Crippen LogP contribution in [-0.2, 0) is 32.3 Å². The summed E-state index contributed by atoms with van der Waals surface area (Å²) in [7, 11) is -2.77. The van der Waals surface area contributed by atoms with Gasteiger partial charge in [0.25, 0.3) is 0 Å². The van der Waals surface area contributed by atoms with Gasteiger partial charge in [-0.05, 0) is 37.1 Å². The molecule has 0 fully saturated rings. The van der Waals surface area contributed by atoms with E-state index in [0.717, 1.165) is 24.0 Å². The number of anilines is 1. The molecule has 0 spiro atoms. The van der Waals surface area contributed by atoms with Gasteiger partial charge in [-0.15, -0.1) is 0 Å². The second-order valence-electron chi connectivity index (χ2n) is 7.98. The first-order chi connectivity index (χ1) is 16.2. The topological polar surface area (TPSA) is 86.8 Å². The third kappa shape index (κ3) is 7.35. The van der Waals surface area contributed by atoms with Crippen LogP contribution in [0, 0.1) is 6.92 Å². The molecule has 0 heterocycles. The Balaban J connectivity index is 2.51. The Labute approximate surface area is 207 Å². The number of carbonyl (C=O) groups is 2. The number of nitrogens with zero attached hydrogens (tertiary/aromatic N) is 2. The van der Waals surface area contributed by atoms with Crippen molar-refractivity contribution in [1.29, 1.82) is 0 Å². The van der Waals surface area contributed by atoms with E-state index in [1.54, 1.807) is 19.1 Å². The third-order valence-corrected chi connectivity index (χ3v) is 6.76. The molecule has 2 aromatic carbocycles. The molecule has 2 aromatic rings. The van der Waals surface area contributed by atoms with Gasteiger partial charge in [0.1, 0.15) is 12.6 Å². The zero-order chi connectivity index (χ0) is 26.6. The molecule has 0 aliphatic rings. The summed E-state index contributed by atoms with van der Waals surface area (Å²) >= 11 is 5.66. The number of aryl methyl sites for hydroxylation is 1. The van der Waals surface area contributed by atoms with Crippen molar-refractivity contribution in [3.05, 3.63) is 64.2 Å². The summed E-state index contributed by atoms with van der Waals surface area (Å²) in [6.45, 7) is 2.74.